The highest BCUT2D eigenvalue weighted by atomic mass is 19.1. The van der Waals surface area contributed by atoms with Gasteiger partial charge < -0.3 is 9.73 Å². The van der Waals surface area contributed by atoms with Crippen LogP contribution in [-0.4, -0.2) is 30.1 Å². The lowest BCUT2D eigenvalue weighted by molar-refractivity contribution is -0.116. The van der Waals surface area contributed by atoms with Gasteiger partial charge in [-0.1, -0.05) is 33.1 Å². The fourth-order valence-corrected chi connectivity index (χ4v) is 4.36. The summed E-state index contributed by atoms with van der Waals surface area (Å²) in [6.45, 7) is 3.69. The first-order chi connectivity index (χ1) is 15.9. The first-order valence-corrected chi connectivity index (χ1v) is 11.2. The molecule has 0 saturated heterocycles. The van der Waals surface area contributed by atoms with Gasteiger partial charge in [-0.25, -0.2) is 9.37 Å². The molecular formula is C23H25FN6O3. The summed E-state index contributed by atoms with van der Waals surface area (Å²) in [6.07, 6.45) is 6.57. The van der Waals surface area contributed by atoms with Gasteiger partial charge in [0.1, 0.15) is 23.8 Å². The summed E-state index contributed by atoms with van der Waals surface area (Å²) < 4.78 is 21.9. The van der Waals surface area contributed by atoms with Gasteiger partial charge in [-0.3, -0.25) is 14.2 Å². The van der Waals surface area contributed by atoms with Gasteiger partial charge in [-0.15, -0.1) is 0 Å². The fourth-order valence-electron chi connectivity index (χ4n) is 4.36. The molecule has 0 spiro atoms. The Hall–Kier alpha value is -3.56. The molecule has 1 aliphatic rings. The molecule has 0 radical (unpaired) electrons. The Kier molecular flexibility index (Phi) is 5.43. The van der Waals surface area contributed by atoms with E-state index in [1.807, 2.05) is 19.9 Å². The monoisotopic (exact) mass is 452 g/mol. The molecule has 9 nitrogen and oxygen atoms in total. The number of amides is 1. The predicted molar refractivity (Wildman–Crippen MR) is 120 cm³/mol. The largest absolute Gasteiger partial charge is 0.433 e. The van der Waals surface area contributed by atoms with Crippen molar-refractivity contribution < 1.29 is 13.6 Å². The van der Waals surface area contributed by atoms with E-state index >= 15 is 0 Å². The highest BCUT2D eigenvalue weighted by Crippen LogP contribution is 2.32. The topological polar surface area (TPSA) is 107 Å². The molecule has 1 amide bonds. The van der Waals surface area contributed by atoms with Gasteiger partial charge >= 0.3 is 5.56 Å². The second-order valence-electron chi connectivity index (χ2n) is 8.83. The summed E-state index contributed by atoms with van der Waals surface area (Å²) in [7, 11) is 0. The molecule has 4 aromatic heterocycles. The van der Waals surface area contributed by atoms with Crippen molar-refractivity contribution in [1.29, 1.82) is 0 Å². The number of anilines is 1. The number of aromatic nitrogens is 5. The lowest BCUT2D eigenvalue weighted by Crippen LogP contribution is -2.24. The number of carbonyl (C=O) groups is 1. The quantitative estimate of drug-likeness (QED) is 0.491. The van der Waals surface area contributed by atoms with Crippen molar-refractivity contribution in [2.24, 2.45) is 0 Å². The zero-order chi connectivity index (χ0) is 23.1. The summed E-state index contributed by atoms with van der Waals surface area (Å²) in [4.78, 5) is 34.4. The third kappa shape index (κ3) is 4.01. The molecule has 10 heteroatoms. The summed E-state index contributed by atoms with van der Waals surface area (Å²) in [5.74, 6) is 0.0128. The Morgan fingerprint density at radius 1 is 1.27 bits per heavy atom. The standard InChI is InChI=1S/C23H25FN6O3/c1-13(2)22-27-21-20(33-22)23(32)30-19(10-16(28-30)14-6-4-3-5-7-14)29(21)12-18(31)26-17-9-8-15(24)11-25-17/h8-11,13-14H,3-7,12H2,1-2H3,(H,25,26,31). The van der Waals surface area contributed by atoms with E-state index in [2.05, 4.69) is 20.4 Å². The van der Waals surface area contributed by atoms with Crippen LogP contribution in [0.15, 0.2) is 33.6 Å². The van der Waals surface area contributed by atoms with Crippen LogP contribution < -0.4 is 10.9 Å². The molecule has 0 aromatic carbocycles. The number of hydrogen-bond acceptors (Lipinski definition) is 6. The molecule has 1 N–H and O–H groups in total. The van der Waals surface area contributed by atoms with E-state index in [-0.39, 0.29) is 29.8 Å². The Morgan fingerprint density at radius 3 is 2.76 bits per heavy atom. The Labute approximate surface area is 188 Å². The van der Waals surface area contributed by atoms with E-state index in [0.29, 0.717) is 17.2 Å². The number of nitrogens with one attached hydrogen (secondary N) is 1. The molecule has 4 aromatic rings. The van der Waals surface area contributed by atoms with Crippen molar-refractivity contribution in [3.8, 4) is 0 Å². The van der Waals surface area contributed by atoms with Gasteiger partial charge in [0.25, 0.3) is 0 Å². The Bertz CT molecular complexity index is 1380. The van der Waals surface area contributed by atoms with E-state index in [1.54, 1.807) is 4.57 Å². The molecule has 33 heavy (non-hydrogen) atoms. The van der Waals surface area contributed by atoms with Crippen molar-refractivity contribution in [1.82, 2.24) is 24.1 Å². The van der Waals surface area contributed by atoms with Crippen LogP contribution in [0.3, 0.4) is 0 Å². The Balaban J connectivity index is 1.60. The SMILES string of the molecule is CC(C)c1nc2c(o1)c(=O)n1nc(C3CCCCC3)cc1n2CC(=O)Nc1ccc(F)cn1. The van der Waals surface area contributed by atoms with Crippen molar-refractivity contribution in [2.45, 2.75) is 64.3 Å². The maximum Gasteiger partial charge on any atom is 0.319 e. The Morgan fingerprint density at radius 2 is 2.06 bits per heavy atom. The first kappa shape index (κ1) is 21.3. The summed E-state index contributed by atoms with van der Waals surface area (Å²) in [5, 5.41) is 7.27. The minimum atomic E-state index is -0.491. The van der Waals surface area contributed by atoms with E-state index in [1.165, 1.54) is 23.1 Å². The van der Waals surface area contributed by atoms with E-state index in [9.17, 15) is 14.0 Å². The van der Waals surface area contributed by atoms with Crippen LogP contribution in [-0.2, 0) is 11.3 Å². The number of nitrogens with zero attached hydrogens (tertiary/aromatic N) is 5. The van der Waals surface area contributed by atoms with Crippen LogP contribution in [0.5, 0.6) is 0 Å². The molecule has 0 bridgehead atoms. The molecule has 1 saturated carbocycles. The van der Waals surface area contributed by atoms with Crippen molar-refractivity contribution in [3.63, 3.8) is 0 Å². The normalized spacial score (nSPS) is 15.0. The van der Waals surface area contributed by atoms with Gasteiger partial charge in [-0.05, 0) is 25.0 Å². The van der Waals surface area contributed by atoms with Gasteiger partial charge in [0, 0.05) is 17.9 Å². The number of hydrogen-bond donors (Lipinski definition) is 1. The predicted octanol–water partition coefficient (Wildman–Crippen LogP) is 3.98. The lowest BCUT2D eigenvalue weighted by Gasteiger charge is -2.18. The maximum atomic E-state index is 13.2. The second-order valence-corrected chi connectivity index (χ2v) is 8.83. The highest BCUT2D eigenvalue weighted by Gasteiger charge is 2.25. The minimum Gasteiger partial charge on any atom is -0.433 e. The molecule has 4 heterocycles. The summed E-state index contributed by atoms with van der Waals surface area (Å²) >= 11 is 0. The number of pyridine rings is 1. The molecule has 1 aliphatic carbocycles. The van der Waals surface area contributed by atoms with Gasteiger partial charge in [0.15, 0.2) is 11.5 Å². The molecule has 0 atom stereocenters. The number of oxazole rings is 1. The van der Waals surface area contributed by atoms with Crippen molar-refractivity contribution in [2.75, 3.05) is 5.32 Å². The van der Waals surface area contributed by atoms with Crippen LogP contribution in [0, 0.1) is 5.82 Å². The number of rotatable bonds is 5. The number of halogens is 1. The molecular weight excluding hydrogens is 427 g/mol. The van der Waals surface area contributed by atoms with E-state index in [0.717, 1.165) is 37.6 Å². The average molecular weight is 452 g/mol. The van der Waals surface area contributed by atoms with Crippen molar-refractivity contribution >= 4 is 28.6 Å². The molecule has 172 valence electrons. The molecule has 5 rings (SSSR count). The average Bonchev–Trinajstić information content (AvgIpc) is 3.45. The summed E-state index contributed by atoms with van der Waals surface area (Å²) in [5.41, 5.74) is 1.31. The van der Waals surface area contributed by atoms with Crippen LogP contribution in [0.2, 0.25) is 0 Å². The number of fused-ring (bicyclic) bond motifs is 2. The van der Waals surface area contributed by atoms with Crippen LogP contribution in [0.25, 0.3) is 16.9 Å². The first-order valence-electron chi connectivity index (χ1n) is 11.2. The molecule has 0 unspecified atom stereocenters. The maximum absolute atomic E-state index is 13.2. The third-order valence-electron chi connectivity index (χ3n) is 6.07. The number of carbonyl (C=O) groups excluding carboxylic acids is 1. The second kappa shape index (κ2) is 8.42. The lowest BCUT2D eigenvalue weighted by atomic mass is 9.87. The van der Waals surface area contributed by atoms with Crippen LogP contribution >= 0.6 is 0 Å². The minimum absolute atomic E-state index is 0.0346. The molecule has 0 aliphatic heterocycles. The zero-order valence-corrected chi connectivity index (χ0v) is 18.5. The van der Waals surface area contributed by atoms with Gasteiger partial charge in [0.2, 0.25) is 11.5 Å². The van der Waals surface area contributed by atoms with Crippen molar-refractivity contribution in [3.05, 3.63) is 52.2 Å². The summed E-state index contributed by atoms with van der Waals surface area (Å²) in [6, 6.07) is 4.49. The van der Waals surface area contributed by atoms with Gasteiger partial charge in [0.05, 0.1) is 11.9 Å². The van der Waals surface area contributed by atoms with Crippen LogP contribution in [0.4, 0.5) is 10.2 Å². The highest BCUT2D eigenvalue weighted by molar-refractivity contribution is 5.90. The van der Waals surface area contributed by atoms with Crippen LogP contribution in [0.1, 0.15) is 69.4 Å². The van der Waals surface area contributed by atoms with Gasteiger partial charge in [-0.2, -0.15) is 14.6 Å². The third-order valence-corrected chi connectivity index (χ3v) is 6.07. The smallest absolute Gasteiger partial charge is 0.319 e. The fraction of sp³-hybridized carbons (Fsp3) is 0.435. The van der Waals surface area contributed by atoms with E-state index < -0.39 is 17.3 Å². The molecule has 1 fully saturated rings. The van der Waals surface area contributed by atoms with E-state index in [4.69, 9.17) is 4.42 Å². The zero-order valence-electron chi connectivity index (χ0n) is 18.5.